The normalized spacial score (nSPS) is 12.0. The van der Waals surface area contributed by atoms with Crippen LogP contribution in [0.25, 0.3) is 0 Å². The highest BCUT2D eigenvalue weighted by molar-refractivity contribution is 7.09. The Labute approximate surface area is 160 Å². The Morgan fingerprint density at radius 3 is 2.78 bits per heavy atom. The molecule has 2 heterocycles. The maximum absolute atomic E-state index is 12.3. The Hall–Kier alpha value is -3.06. The quantitative estimate of drug-likeness (QED) is 0.704. The van der Waals surface area contributed by atoms with Gasteiger partial charge in [0.05, 0.1) is 10.7 Å². The number of rotatable bonds is 6. The van der Waals surface area contributed by atoms with E-state index in [-0.39, 0.29) is 12.7 Å². The molecule has 138 valence electrons. The molecule has 3 aromatic rings. The summed E-state index contributed by atoms with van der Waals surface area (Å²) in [7, 11) is 0. The number of nitrogens with one attached hydrogen (secondary N) is 1. The van der Waals surface area contributed by atoms with Crippen molar-refractivity contribution in [1.82, 2.24) is 10.3 Å². The van der Waals surface area contributed by atoms with Crippen LogP contribution in [-0.4, -0.2) is 17.7 Å². The van der Waals surface area contributed by atoms with Crippen LogP contribution in [0.4, 0.5) is 0 Å². The minimum absolute atomic E-state index is 0.144. The van der Waals surface area contributed by atoms with Crippen LogP contribution < -0.4 is 19.5 Å². The van der Waals surface area contributed by atoms with Crippen molar-refractivity contribution in [3.63, 3.8) is 0 Å². The number of aryl methyl sites for hydroxylation is 1. The summed E-state index contributed by atoms with van der Waals surface area (Å²) in [5.41, 5.74) is 2.43. The van der Waals surface area contributed by atoms with E-state index in [0.717, 1.165) is 22.0 Å². The zero-order chi connectivity index (χ0) is 18.6. The minimum atomic E-state index is -0.144. The third-order valence-electron chi connectivity index (χ3n) is 4.06. The molecular formula is C20H18N2O4S. The van der Waals surface area contributed by atoms with Gasteiger partial charge in [0, 0.05) is 17.5 Å². The average molecular weight is 382 g/mol. The van der Waals surface area contributed by atoms with Gasteiger partial charge in [-0.1, -0.05) is 6.07 Å². The lowest BCUT2D eigenvalue weighted by Gasteiger charge is -2.08. The lowest BCUT2D eigenvalue weighted by atomic mass is 10.1. The number of fused-ring (bicyclic) bond motifs is 1. The van der Waals surface area contributed by atoms with Crippen LogP contribution in [0.2, 0.25) is 0 Å². The van der Waals surface area contributed by atoms with Gasteiger partial charge in [0.15, 0.2) is 11.5 Å². The summed E-state index contributed by atoms with van der Waals surface area (Å²) in [6.07, 6.45) is 0. The molecule has 27 heavy (non-hydrogen) atoms. The van der Waals surface area contributed by atoms with Crippen molar-refractivity contribution in [3.8, 4) is 17.2 Å². The first-order valence-electron chi connectivity index (χ1n) is 8.48. The lowest BCUT2D eigenvalue weighted by Crippen LogP contribution is -2.22. The molecule has 1 aliphatic heterocycles. The SMILES string of the molecule is Cc1nc(COc2ccc(C(=O)NCc3ccc4c(c3)OCO4)cc2)cs1. The number of hydrogen-bond acceptors (Lipinski definition) is 6. The van der Waals surface area contributed by atoms with Gasteiger partial charge in [-0.3, -0.25) is 4.79 Å². The van der Waals surface area contributed by atoms with Gasteiger partial charge >= 0.3 is 0 Å². The Kier molecular flexibility index (Phi) is 4.93. The standard InChI is InChI=1S/C20H18N2O4S/c1-13-22-16(11-27-13)10-24-17-5-3-15(4-6-17)20(23)21-9-14-2-7-18-19(8-14)26-12-25-18/h2-8,11H,9-10,12H2,1H3,(H,21,23). The second-order valence-electron chi connectivity index (χ2n) is 6.04. The van der Waals surface area contributed by atoms with Gasteiger partial charge in [-0.05, 0) is 48.9 Å². The molecule has 0 saturated heterocycles. The number of hydrogen-bond donors (Lipinski definition) is 1. The lowest BCUT2D eigenvalue weighted by molar-refractivity contribution is 0.0950. The van der Waals surface area contributed by atoms with E-state index in [0.29, 0.717) is 30.2 Å². The van der Waals surface area contributed by atoms with E-state index in [2.05, 4.69) is 10.3 Å². The molecule has 7 heteroatoms. The fourth-order valence-corrected chi connectivity index (χ4v) is 3.27. The first-order valence-corrected chi connectivity index (χ1v) is 9.36. The first-order chi connectivity index (χ1) is 13.2. The predicted molar refractivity (Wildman–Crippen MR) is 101 cm³/mol. The highest BCUT2D eigenvalue weighted by Gasteiger charge is 2.13. The van der Waals surface area contributed by atoms with Crippen LogP contribution in [0, 0.1) is 6.92 Å². The number of carbonyl (C=O) groups excluding carboxylic acids is 1. The molecule has 0 fully saturated rings. The molecule has 0 aliphatic carbocycles. The highest BCUT2D eigenvalue weighted by atomic mass is 32.1. The maximum Gasteiger partial charge on any atom is 0.251 e. The van der Waals surface area contributed by atoms with Gasteiger partial charge in [-0.2, -0.15) is 0 Å². The molecular weight excluding hydrogens is 364 g/mol. The topological polar surface area (TPSA) is 69.7 Å². The van der Waals surface area contributed by atoms with E-state index < -0.39 is 0 Å². The van der Waals surface area contributed by atoms with Crippen LogP contribution in [0.1, 0.15) is 26.6 Å². The summed E-state index contributed by atoms with van der Waals surface area (Å²) in [4.78, 5) is 16.7. The Morgan fingerprint density at radius 2 is 2.00 bits per heavy atom. The first kappa shape index (κ1) is 17.4. The monoisotopic (exact) mass is 382 g/mol. The highest BCUT2D eigenvalue weighted by Crippen LogP contribution is 2.32. The number of benzene rings is 2. The number of carbonyl (C=O) groups is 1. The van der Waals surface area contributed by atoms with Crippen LogP contribution in [0.15, 0.2) is 47.8 Å². The van der Waals surface area contributed by atoms with E-state index in [1.54, 1.807) is 35.6 Å². The molecule has 0 bridgehead atoms. The Morgan fingerprint density at radius 1 is 1.19 bits per heavy atom. The third-order valence-corrected chi connectivity index (χ3v) is 4.88. The van der Waals surface area contributed by atoms with Gasteiger partial charge in [-0.15, -0.1) is 11.3 Å². The summed E-state index contributed by atoms with van der Waals surface area (Å²) < 4.78 is 16.3. The van der Waals surface area contributed by atoms with Crippen LogP contribution in [0.3, 0.4) is 0 Å². The number of thiazole rings is 1. The molecule has 2 aromatic carbocycles. The van der Waals surface area contributed by atoms with Crippen molar-refractivity contribution in [1.29, 1.82) is 0 Å². The molecule has 0 atom stereocenters. The Bertz CT molecular complexity index is 953. The zero-order valence-corrected chi connectivity index (χ0v) is 15.5. The maximum atomic E-state index is 12.3. The minimum Gasteiger partial charge on any atom is -0.487 e. The summed E-state index contributed by atoms with van der Waals surface area (Å²) in [5.74, 6) is 1.99. The molecule has 0 spiro atoms. The van der Waals surface area contributed by atoms with E-state index >= 15 is 0 Å². The summed E-state index contributed by atoms with van der Waals surface area (Å²) >= 11 is 1.60. The smallest absolute Gasteiger partial charge is 0.251 e. The van der Waals surface area contributed by atoms with Crippen molar-refractivity contribution >= 4 is 17.2 Å². The molecule has 0 saturated carbocycles. The van der Waals surface area contributed by atoms with Crippen molar-refractivity contribution in [2.24, 2.45) is 0 Å². The molecule has 6 nitrogen and oxygen atoms in total. The molecule has 0 radical (unpaired) electrons. The average Bonchev–Trinajstić information content (AvgIpc) is 3.33. The third kappa shape index (κ3) is 4.20. The zero-order valence-electron chi connectivity index (χ0n) is 14.7. The van der Waals surface area contributed by atoms with Crippen molar-refractivity contribution in [2.75, 3.05) is 6.79 Å². The summed E-state index contributed by atoms with van der Waals surface area (Å²) in [5, 5.41) is 5.90. The van der Waals surface area contributed by atoms with Crippen molar-refractivity contribution in [2.45, 2.75) is 20.1 Å². The van der Waals surface area contributed by atoms with Crippen molar-refractivity contribution < 1.29 is 19.0 Å². The number of aromatic nitrogens is 1. The number of ether oxygens (including phenoxy) is 3. The molecule has 1 N–H and O–H groups in total. The van der Waals surface area contributed by atoms with Crippen molar-refractivity contribution in [3.05, 3.63) is 69.7 Å². The summed E-state index contributed by atoms with van der Waals surface area (Å²) in [6, 6.07) is 12.7. The number of amides is 1. The predicted octanol–water partition coefficient (Wildman–Crippen LogP) is 3.69. The van der Waals surface area contributed by atoms with Gasteiger partial charge in [0.2, 0.25) is 6.79 Å². The molecule has 1 amide bonds. The van der Waals surface area contributed by atoms with Crippen LogP contribution >= 0.6 is 11.3 Å². The van der Waals surface area contributed by atoms with Gasteiger partial charge < -0.3 is 19.5 Å². The Balaban J connectivity index is 1.31. The second kappa shape index (κ2) is 7.67. The van der Waals surface area contributed by atoms with E-state index in [9.17, 15) is 4.79 Å². The molecule has 0 unspecified atom stereocenters. The van der Waals surface area contributed by atoms with E-state index in [4.69, 9.17) is 14.2 Å². The second-order valence-corrected chi connectivity index (χ2v) is 7.10. The van der Waals surface area contributed by atoms with Gasteiger partial charge in [0.1, 0.15) is 12.4 Å². The van der Waals surface area contributed by atoms with Crippen LogP contribution in [0.5, 0.6) is 17.2 Å². The van der Waals surface area contributed by atoms with Gasteiger partial charge in [-0.25, -0.2) is 4.98 Å². The molecule has 1 aliphatic rings. The van der Waals surface area contributed by atoms with E-state index in [1.807, 2.05) is 30.5 Å². The summed E-state index contributed by atoms with van der Waals surface area (Å²) in [6.45, 7) is 3.03. The fourth-order valence-electron chi connectivity index (χ4n) is 2.67. The molecule has 4 rings (SSSR count). The number of nitrogens with zero attached hydrogens (tertiary/aromatic N) is 1. The van der Waals surface area contributed by atoms with E-state index in [1.165, 1.54) is 0 Å². The molecule has 1 aromatic heterocycles. The fraction of sp³-hybridized carbons (Fsp3) is 0.200. The van der Waals surface area contributed by atoms with Gasteiger partial charge in [0.25, 0.3) is 5.91 Å². The largest absolute Gasteiger partial charge is 0.487 e. The van der Waals surface area contributed by atoms with Crippen LogP contribution in [-0.2, 0) is 13.2 Å².